The molecule has 1 amide bonds. The van der Waals surface area contributed by atoms with Crippen molar-refractivity contribution in [1.82, 2.24) is 20.0 Å². The summed E-state index contributed by atoms with van der Waals surface area (Å²) in [7, 11) is 4.09. The van der Waals surface area contributed by atoms with Crippen LogP contribution in [-0.4, -0.2) is 86.1 Å². The van der Waals surface area contributed by atoms with Crippen molar-refractivity contribution < 1.29 is 4.79 Å². The van der Waals surface area contributed by atoms with Crippen LogP contribution in [0.1, 0.15) is 18.4 Å². The van der Waals surface area contributed by atoms with E-state index in [0.717, 1.165) is 32.6 Å². The van der Waals surface area contributed by atoms with Crippen LogP contribution in [0.2, 0.25) is 0 Å². The van der Waals surface area contributed by atoms with Gasteiger partial charge in [0.2, 0.25) is 5.91 Å². The number of hydrogen-bond acceptors (Lipinski definition) is 4. The molecule has 5 nitrogen and oxygen atoms in total. The average Bonchev–Trinajstić information content (AvgIpc) is 2.67. The number of amides is 1. The van der Waals surface area contributed by atoms with Gasteiger partial charge in [0.05, 0.1) is 6.04 Å². The Morgan fingerprint density at radius 1 is 1.08 bits per heavy atom. The van der Waals surface area contributed by atoms with Crippen LogP contribution in [0.5, 0.6) is 0 Å². The second-order valence-corrected chi connectivity index (χ2v) is 7.43. The summed E-state index contributed by atoms with van der Waals surface area (Å²) in [5.41, 5.74) is 1.21. The Hall–Kier alpha value is -1.43. The standard InChI is InChI=1S/C20H32N4O/c1-21-19(16-17-6-4-3-5-7-17)20(25)24-14-12-23(13-15-24)18-8-10-22(2)11-9-18/h3-7,18-19,21H,8-16H2,1-2H3/t19-/m1/s1. The molecule has 1 aromatic carbocycles. The highest BCUT2D eigenvalue weighted by atomic mass is 16.2. The Kier molecular flexibility index (Phi) is 6.45. The van der Waals surface area contributed by atoms with Gasteiger partial charge in [-0.15, -0.1) is 0 Å². The van der Waals surface area contributed by atoms with Gasteiger partial charge in [-0.3, -0.25) is 9.69 Å². The monoisotopic (exact) mass is 344 g/mol. The molecule has 138 valence electrons. The number of nitrogens with zero attached hydrogens (tertiary/aromatic N) is 3. The van der Waals surface area contributed by atoms with Gasteiger partial charge in [0.15, 0.2) is 0 Å². The van der Waals surface area contributed by atoms with Gasteiger partial charge in [-0.25, -0.2) is 0 Å². The van der Waals surface area contributed by atoms with Crippen molar-refractivity contribution in [1.29, 1.82) is 0 Å². The van der Waals surface area contributed by atoms with Crippen molar-refractivity contribution in [3.05, 3.63) is 35.9 Å². The van der Waals surface area contributed by atoms with Crippen LogP contribution in [0, 0.1) is 0 Å². The van der Waals surface area contributed by atoms with E-state index in [4.69, 9.17) is 0 Å². The number of nitrogens with one attached hydrogen (secondary N) is 1. The largest absolute Gasteiger partial charge is 0.339 e. The molecule has 2 aliphatic rings. The van der Waals surface area contributed by atoms with E-state index in [-0.39, 0.29) is 11.9 Å². The van der Waals surface area contributed by atoms with Crippen LogP contribution in [0.25, 0.3) is 0 Å². The van der Waals surface area contributed by atoms with Crippen molar-refractivity contribution in [2.45, 2.75) is 31.3 Å². The number of carbonyl (C=O) groups is 1. The van der Waals surface area contributed by atoms with Gasteiger partial charge in [0.25, 0.3) is 0 Å². The van der Waals surface area contributed by atoms with E-state index >= 15 is 0 Å². The van der Waals surface area contributed by atoms with Crippen molar-refractivity contribution in [2.75, 3.05) is 53.4 Å². The summed E-state index contributed by atoms with van der Waals surface area (Å²) in [5.74, 6) is 0.245. The molecular formula is C20H32N4O. The third-order valence-electron chi connectivity index (χ3n) is 5.76. The molecule has 25 heavy (non-hydrogen) atoms. The minimum absolute atomic E-state index is 0.128. The first-order valence-corrected chi connectivity index (χ1v) is 9.60. The molecule has 5 heteroatoms. The van der Waals surface area contributed by atoms with Crippen LogP contribution >= 0.6 is 0 Å². The molecule has 2 saturated heterocycles. The first-order chi connectivity index (χ1) is 12.2. The Morgan fingerprint density at radius 2 is 1.72 bits per heavy atom. The summed E-state index contributed by atoms with van der Waals surface area (Å²) < 4.78 is 0. The molecule has 0 unspecified atom stereocenters. The number of hydrogen-bond donors (Lipinski definition) is 1. The third-order valence-corrected chi connectivity index (χ3v) is 5.76. The number of rotatable bonds is 5. The van der Waals surface area contributed by atoms with E-state index in [1.54, 1.807) is 0 Å². The summed E-state index contributed by atoms with van der Waals surface area (Å²) in [6.45, 7) is 6.14. The second-order valence-electron chi connectivity index (χ2n) is 7.43. The highest BCUT2D eigenvalue weighted by Gasteiger charge is 2.30. The fraction of sp³-hybridized carbons (Fsp3) is 0.650. The van der Waals surface area contributed by atoms with E-state index in [9.17, 15) is 4.79 Å². The van der Waals surface area contributed by atoms with Gasteiger partial charge in [0.1, 0.15) is 0 Å². The van der Waals surface area contributed by atoms with Crippen LogP contribution in [0.4, 0.5) is 0 Å². The lowest BCUT2D eigenvalue weighted by atomic mass is 10.0. The topological polar surface area (TPSA) is 38.8 Å². The Bertz CT molecular complexity index is 534. The van der Waals surface area contributed by atoms with Gasteiger partial charge in [-0.05, 0) is 52.0 Å². The van der Waals surface area contributed by atoms with Gasteiger partial charge in [-0.1, -0.05) is 30.3 Å². The Labute approximate surface area is 152 Å². The molecule has 0 bridgehead atoms. The van der Waals surface area contributed by atoms with Crippen molar-refractivity contribution in [3.63, 3.8) is 0 Å². The summed E-state index contributed by atoms with van der Waals surface area (Å²) >= 11 is 0. The first kappa shape index (κ1) is 18.4. The normalized spacial score (nSPS) is 22.1. The quantitative estimate of drug-likeness (QED) is 0.867. The lowest BCUT2D eigenvalue weighted by Crippen LogP contribution is -2.57. The molecule has 0 spiro atoms. The molecule has 2 aliphatic heterocycles. The molecule has 2 heterocycles. The maximum atomic E-state index is 12.9. The van der Waals surface area contributed by atoms with Crippen molar-refractivity contribution in [2.24, 2.45) is 0 Å². The zero-order valence-corrected chi connectivity index (χ0v) is 15.7. The Morgan fingerprint density at radius 3 is 2.32 bits per heavy atom. The lowest BCUT2D eigenvalue weighted by molar-refractivity contribution is -0.135. The van der Waals surface area contributed by atoms with Gasteiger partial charge >= 0.3 is 0 Å². The minimum atomic E-state index is -0.128. The van der Waals surface area contributed by atoms with Crippen LogP contribution in [-0.2, 0) is 11.2 Å². The van der Waals surface area contributed by atoms with Crippen LogP contribution < -0.4 is 5.32 Å². The fourth-order valence-corrected chi connectivity index (χ4v) is 4.05. The number of likely N-dealkylation sites (tertiary alicyclic amines) is 1. The lowest BCUT2D eigenvalue weighted by Gasteiger charge is -2.42. The number of piperazine rings is 1. The van der Waals surface area contributed by atoms with Crippen molar-refractivity contribution in [3.8, 4) is 0 Å². The molecule has 1 atom stereocenters. The SMILES string of the molecule is CN[C@H](Cc1ccccc1)C(=O)N1CCN(C2CCN(C)CC2)CC1. The highest BCUT2D eigenvalue weighted by Crippen LogP contribution is 2.18. The summed E-state index contributed by atoms with van der Waals surface area (Å²) in [5, 5.41) is 3.22. The summed E-state index contributed by atoms with van der Waals surface area (Å²) in [4.78, 5) is 20.0. The molecule has 3 rings (SSSR count). The molecule has 1 N–H and O–H groups in total. The number of piperidine rings is 1. The highest BCUT2D eigenvalue weighted by molar-refractivity contribution is 5.82. The number of likely N-dealkylation sites (N-methyl/N-ethyl adjacent to an activating group) is 1. The molecule has 0 aromatic heterocycles. The van der Waals surface area contributed by atoms with Gasteiger partial charge < -0.3 is 15.1 Å². The number of benzene rings is 1. The summed E-state index contributed by atoms with van der Waals surface area (Å²) in [6, 6.07) is 10.8. The van der Waals surface area contributed by atoms with Crippen molar-refractivity contribution >= 4 is 5.91 Å². The molecule has 0 aliphatic carbocycles. The van der Waals surface area contributed by atoms with E-state index in [1.165, 1.54) is 31.5 Å². The van der Waals surface area contributed by atoms with E-state index in [1.807, 2.05) is 25.2 Å². The van der Waals surface area contributed by atoms with E-state index in [2.05, 4.69) is 39.2 Å². The zero-order valence-electron chi connectivity index (χ0n) is 15.7. The van der Waals surface area contributed by atoms with Gasteiger partial charge in [-0.2, -0.15) is 0 Å². The first-order valence-electron chi connectivity index (χ1n) is 9.60. The fourth-order valence-electron chi connectivity index (χ4n) is 4.05. The van der Waals surface area contributed by atoms with Gasteiger partial charge in [0, 0.05) is 32.2 Å². The molecule has 2 fully saturated rings. The van der Waals surface area contributed by atoms with E-state index in [0.29, 0.717) is 6.04 Å². The third kappa shape index (κ3) is 4.81. The molecular weight excluding hydrogens is 312 g/mol. The molecule has 0 radical (unpaired) electrons. The van der Waals surface area contributed by atoms with E-state index < -0.39 is 0 Å². The van der Waals surface area contributed by atoms with Crippen LogP contribution in [0.15, 0.2) is 30.3 Å². The minimum Gasteiger partial charge on any atom is -0.339 e. The molecule has 1 aromatic rings. The predicted molar refractivity (Wildman–Crippen MR) is 102 cm³/mol. The second kappa shape index (κ2) is 8.79. The Balaban J connectivity index is 1.50. The maximum absolute atomic E-state index is 12.9. The maximum Gasteiger partial charge on any atom is 0.240 e. The number of carbonyl (C=O) groups excluding carboxylic acids is 1. The molecule has 0 saturated carbocycles. The summed E-state index contributed by atoms with van der Waals surface area (Å²) in [6.07, 6.45) is 3.28. The predicted octanol–water partition coefficient (Wildman–Crippen LogP) is 1.06. The van der Waals surface area contributed by atoms with Crippen LogP contribution in [0.3, 0.4) is 0 Å². The smallest absolute Gasteiger partial charge is 0.240 e. The zero-order chi connectivity index (χ0) is 17.6. The average molecular weight is 345 g/mol.